The van der Waals surface area contributed by atoms with E-state index < -0.39 is 0 Å². The number of fused-ring (bicyclic) bond motifs is 1. The average Bonchev–Trinajstić information content (AvgIpc) is 3.08. The Kier molecular flexibility index (Phi) is 8.07. The summed E-state index contributed by atoms with van der Waals surface area (Å²) in [6.45, 7) is 0.816. The van der Waals surface area contributed by atoms with Crippen LogP contribution in [-0.4, -0.2) is 34.6 Å². The lowest BCUT2D eigenvalue weighted by Crippen LogP contribution is -2.34. The smallest absolute Gasteiger partial charge is 0.222 e. The summed E-state index contributed by atoms with van der Waals surface area (Å²) >= 11 is 0. The zero-order valence-corrected chi connectivity index (χ0v) is 17.2. The lowest BCUT2D eigenvalue weighted by molar-refractivity contribution is -0.129. The Bertz CT molecular complexity index is 842. The highest BCUT2D eigenvalue weighted by molar-refractivity contribution is 5.83. The minimum absolute atomic E-state index is 0.260. The van der Waals surface area contributed by atoms with Gasteiger partial charge in [0.25, 0.3) is 0 Å². The van der Waals surface area contributed by atoms with Gasteiger partial charge in [0.2, 0.25) is 5.91 Å². The molecule has 29 heavy (non-hydrogen) atoms. The third kappa shape index (κ3) is 6.30. The fourth-order valence-corrected chi connectivity index (χ4v) is 4.37. The first kappa shape index (κ1) is 21.3. The molecule has 3 rings (SSSR count). The summed E-state index contributed by atoms with van der Waals surface area (Å²) in [5, 5.41) is 21.6. The number of nitrogens with zero attached hydrogens (tertiary/aromatic N) is 2. The first-order chi connectivity index (χ1) is 14.2. The number of rotatable bonds is 11. The molecule has 0 saturated carbocycles. The van der Waals surface area contributed by atoms with Crippen LogP contribution in [-0.2, 0) is 11.2 Å². The minimum atomic E-state index is -0.375. The van der Waals surface area contributed by atoms with Gasteiger partial charge in [0.1, 0.15) is 0 Å². The topological polar surface area (TPSA) is 64.3 Å². The number of benzene rings is 2. The molecule has 2 aromatic carbocycles. The molecular formula is C25H32N2O2. The molecule has 1 unspecified atom stereocenters. The van der Waals surface area contributed by atoms with Crippen LogP contribution in [0, 0.1) is 11.3 Å². The van der Waals surface area contributed by atoms with Crippen molar-refractivity contribution in [3.8, 4) is 6.07 Å². The van der Waals surface area contributed by atoms with Crippen LogP contribution in [0.5, 0.6) is 0 Å². The molecule has 1 saturated heterocycles. The van der Waals surface area contributed by atoms with Crippen molar-refractivity contribution < 1.29 is 9.90 Å². The van der Waals surface area contributed by atoms with Crippen LogP contribution < -0.4 is 0 Å². The summed E-state index contributed by atoms with van der Waals surface area (Å²) < 4.78 is 0. The van der Waals surface area contributed by atoms with Crippen LogP contribution in [0.3, 0.4) is 0 Å². The minimum Gasteiger partial charge on any atom is -0.393 e. The van der Waals surface area contributed by atoms with Gasteiger partial charge < -0.3 is 10.0 Å². The van der Waals surface area contributed by atoms with Gasteiger partial charge in [-0.15, -0.1) is 0 Å². The van der Waals surface area contributed by atoms with Crippen LogP contribution in [0.4, 0.5) is 0 Å². The summed E-state index contributed by atoms with van der Waals surface area (Å²) in [4.78, 5) is 14.3. The molecule has 2 aromatic rings. The van der Waals surface area contributed by atoms with E-state index in [0.29, 0.717) is 19.3 Å². The second-order valence-electron chi connectivity index (χ2n) is 8.22. The summed E-state index contributed by atoms with van der Waals surface area (Å²) in [5.74, 6) is 0.260. The number of nitriles is 1. The maximum atomic E-state index is 12.2. The normalized spacial score (nSPS) is 17.6. The van der Waals surface area contributed by atoms with Crippen molar-refractivity contribution in [2.45, 2.75) is 76.4 Å². The molecule has 1 heterocycles. The molecule has 4 heteroatoms. The van der Waals surface area contributed by atoms with Crippen molar-refractivity contribution in [3.05, 3.63) is 48.0 Å². The van der Waals surface area contributed by atoms with E-state index >= 15 is 0 Å². The van der Waals surface area contributed by atoms with Gasteiger partial charge in [0.05, 0.1) is 12.2 Å². The standard InChI is InChI=1S/C25H32N2O2/c26-16-6-2-1-3-7-17-27-23(13-15-25(27)29)12-14-24(28)19-20-10-11-21-8-4-5-9-22(21)18-20/h4-5,8-11,18,23-24,28H,1-3,6-7,12-15,17,19H2/t23-,24?/m0/s1. The lowest BCUT2D eigenvalue weighted by atomic mass is 9.98. The van der Waals surface area contributed by atoms with Crippen molar-refractivity contribution in [2.75, 3.05) is 6.54 Å². The Morgan fingerprint density at radius 3 is 2.72 bits per heavy atom. The molecule has 0 radical (unpaired) electrons. The highest BCUT2D eigenvalue weighted by atomic mass is 16.3. The molecule has 1 aliphatic heterocycles. The summed E-state index contributed by atoms with van der Waals surface area (Å²) in [7, 11) is 0. The van der Waals surface area contributed by atoms with E-state index in [1.54, 1.807) is 0 Å². The summed E-state index contributed by atoms with van der Waals surface area (Å²) in [5.41, 5.74) is 1.16. The zero-order chi connectivity index (χ0) is 20.5. The lowest BCUT2D eigenvalue weighted by Gasteiger charge is -2.26. The number of hydrogen-bond acceptors (Lipinski definition) is 3. The molecule has 1 aliphatic rings. The van der Waals surface area contributed by atoms with E-state index in [9.17, 15) is 9.90 Å². The second-order valence-corrected chi connectivity index (χ2v) is 8.22. The van der Waals surface area contributed by atoms with Crippen LogP contribution >= 0.6 is 0 Å². The monoisotopic (exact) mass is 392 g/mol. The quantitative estimate of drug-likeness (QED) is 0.548. The number of aliphatic hydroxyl groups is 1. The van der Waals surface area contributed by atoms with Gasteiger partial charge in [-0.05, 0) is 54.9 Å². The predicted molar refractivity (Wildman–Crippen MR) is 116 cm³/mol. The molecule has 0 bridgehead atoms. The van der Waals surface area contributed by atoms with E-state index in [-0.39, 0.29) is 18.1 Å². The predicted octanol–water partition coefficient (Wildman–Crippen LogP) is 4.99. The van der Waals surface area contributed by atoms with Crippen LogP contribution in [0.1, 0.15) is 63.4 Å². The molecule has 0 aliphatic carbocycles. The average molecular weight is 393 g/mol. The number of amides is 1. The van der Waals surface area contributed by atoms with E-state index in [1.165, 1.54) is 10.8 Å². The van der Waals surface area contributed by atoms with Gasteiger partial charge in [-0.25, -0.2) is 0 Å². The van der Waals surface area contributed by atoms with Crippen molar-refractivity contribution in [3.63, 3.8) is 0 Å². The molecule has 2 atom stereocenters. The first-order valence-corrected chi connectivity index (χ1v) is 11.0. The van der Waals surface area contributed by atoms with E-state index in [1.807, 2.05) is 17.0 Å². The van der Waals surface area contributed by atoms with Gasteiger partial charge in [0, 0.05) is 25.4 Å². The highest BCUT2D eigenvalue weighted by Gasteiger charge is 2.30. The number of aliphatic hydroxyl groups excluding tert-OH is 1. The number of likely N-dealkylation sites (tertiary alicyclic amines) is 1. The van der Waals surface area contributed by atoms with Gasteiger partial charge in [0.15, 0.2) is 0 Å². The summed E-state index contributed by atoms with van der Waals surface area (Å²) in [6.07, 6.45) is 8.15. The molecule has 4 nitrogen and oxygen atoms in total. The third-order valence-electron chi connectivity index (χ3n) is 6.01. The molecule has 1 fully saturated rings. The van der Waals surface area contributed by atoms with Crippen molar-refractivity contribution in [1.29, 1.82) is 5.26 Å². The van der Waals surface area contributed by atoms with Crippen LogP contribution in [0.25, 0.3) is 10.8 Å². The van der Waals surface area contributed by atoms with Gasteiger partial charge in [-0.3, -0.25) is 4.79 Å². The van der Waals surface area contributed by atoms with Gasteiger partial charge >= 0.3 is 0 Å². The van der Waals surface area contributed by atoms with Crippen LogP contribution in [0.2, 0.25) is 0 Å². The largest absolute Gasteiger partial charge is 0.393 e. The Morgan fingerprint density at radius 1 is 1.10 bits per heavy atom. The molecule has 0 aromatic heterocycles. The maximum Gasteiger partial charge on any atom is 0.222 e. The van der Waals surface area contributed by atoms with Gasteiger partial charge in [-0.2, -0.15) is 5.26 Å². The van der Waals surface area contributed by atoms with Crippen molar-refractivity contribution >= 4 is 16.7 Å². The van der Waals surface area contributed by atoms with E-state index in [4.69, 9.17) is 5.26 Å². The first-order valence-electron chi connectivity index (χ1n) is 11.0. The van der Waals surface area contributed by atoms with Crippen molar-refractivity contribution in [2.24, 2.45) is 0 Å². The number of carbonyl (C=O) groups is 1. The number of unbranched alkanes of at least 4 members (excludes halogenated alkanes) is 4. The van der Waals surface area contributed by atoms with E-state index in [2.05, 4.69) is 36.4 Å². The SMILES string of the molecule is N#CCCCCCCN1C(=O)CC[C@@H]1CCC(O)Cc1ccc2ccccc2c1. The number of carbonyl (C=O) groups excluding carboxylic acids is 1. The number of hydrogen-bond donors (Lipinski definition) is 1. The van der Waals surface area contributed by atoms with Gasteiger partial charge in [-0.1, -0.05) is 55.3 Å². The zero-order valence-electron chi connectivity index (χ0n) is 17.2. The molecular weight excluding hydrogens is 360 g/mol. The Balaban J connectivity index is 1.43. The summed E-state index contributed by atoms with van der Waals surface area (Å²) in [6, 6.07) is 17.1. The molecule has 1 amide bonds. The second kappa shape index (κ2) is 11.0. The Morgan fingerprint density at radius 2 is 1.90 bits per heavy atom. The fraction of sp³-hybridized carbons (Fsp3) is 0.520. The molecule has 1 N–H and O–H groups in total. The van der Waals surface area contributed by atoms with Crippen molar-refractivity contribution in [1.82, 2.24) is 4.90 Å². The van der Waals surface area contributed by atoms with Crippen LogP contribution in [0.15, 0.2) is 42.5 Å². The Labute approximate surface area is 174 Å². The highest BCUT2D eigenvalue weighted by Crippen LogP contribution is 2.25. The maximum absolute atomic E-state index is 12.2. The Hall–Kier alpha value is -2.38. The molecule has 154 valence electrons. The third-order valence-corrected chi connectivity index (χ3v) is 6.01. The molecule has 0 spiro atoms. The van der Waals surface area contributed by atoms with E-state index in [0.717, 1.165) is 57.1 Å². The fourth-order valence-electron chi connectivity index (χ4n) is 4.37.